The molecule has 3 aromatic rings. The molecule has 1 aromatic heterocycles. The van der Waals surface area contributed by atoms with Crippen molar-refractivity contribution >= 4 is 32.4 Å². The average Bonchev–Trinajstić information content (AvgIpc) is 3.16. The van der Waals surface area contributed by atoms with E-state index in [1.807, 2.05) is 0 Å². The Labute approximate surface area is 179 Å². The maximum Gasteiger partial charge on any atom is 0.387 e. The number of nitrogens with one attached hydrogen (secondary N) is 2. The number of alkyl halides is 2. The number of ether oxygens (including phenoxy) is 1. The van der Waals surface area contributed by atoms with Crippen LogP contribution in [-0.4, -0.2) is 32.5 Å². The van der Waals surface area contributed by atoms with Crippen LogP contribution >= 0.6 is 11.3 Å². The number of amides is 1. The lowest BCUT2D eigenvalue weighted by Crippen LogP contribution is -2.24. The monoisotopic (exact) mass is 471 g/mol. The fourth-order valence-electron chi connectivity index (χ4n) is 2.62. The number of rotatable bonds is 8. The van der Waals surface area contributed by atoms with Gasteiger partial charge >= 0.3 is 6.61 Å². The van der Waals surface area contributed by atoms with E-state index in [0.717, 1.165) is 29.5 Å². The van der Waals surface area contributed by atoms with Crippen LogP contribution in [0.15, 0.2) is 52.7 Å². The van der Waals surface area contributed by atoms with E-state index >= 15 is 0 Å². The van der Waals surface area contributed by atoms with Crippen LogP contribution in [0.5, 0.6) is 5.75 Å². The molecule has 0 aliphatic heterocycles. The summed E-state index contributed by atoms with van der Waals surface area (Å²) in [5.74, 6) is -1.92. The van der Waals surface area contributed by atoms with Crippen molar-refractivity contribution in [2.45, 2.75) is 18.4 Å². The van der Waals surface area contributed by atoms with Gasteiger partial charge in [0, 0.05) is 17.5 Å². The van der Waals surface area contributed by atoms with Gasteiger partial charge in [0.1, 0.15) is 11.6 Å². The van der Waals surface area contributed by atoms with E-state index in [2.05, 4.69) is 19.8 Å². The first-order chi connectivity index (χ1) is 14.7. The zero-order valence-corrected chi connectivity index (χ0v) is 17.6. The molecule has 0 saturated carbocycles. The first-order valence-electron chi connectivity index (χ1n) is 8.81. The molecule has 0 radical (unpaired) electrons. The highest BCUT2D eigenvalue weighted by Gasteiger charge is 2.20. The Morgan fingerprint density at radius 1 is 1.23 bits per heavy atom. The molecular formula is C19H16F3N3O4S2. The number of thiazole rings is 1. The largest absolute Gasteiger partial charge is 0.434 e. The number of carbonyl (C=O) groups excluding carboxylic acids is 1. The second-order valence-corrected chi connectivity index (χ2v) is 8.63. The normalized spacial score (nSPS) is 11.5. The van der Waals surface area contributed by atoms with Gasteiger partial charge in [-0.15, -0.1) is 11.3 Å². The Morgan fingerprint density at radius 3 is 2.68 bits per heavy atom. The third-order valence-electron chi connectivity index (χ3n) is 3.93. The third kappa shape index (κ3) is 5.40. The molecule has 3 rings (SSSR count). The number of halogens is 3. The Morgan fingerprint density at radius 2 is 1.97 bits per heavy atom. The molecule has 1 amide bonds. The minimum absolute atomic E-state index is 0.0613. The SMILES string of the molecule is CCNS(=O)(=O)c1ccc(F)c(C(=O)Nc2nc(-c3ccccc3OC(F)F)cs2)c1. The highest BCUT2D eigenvalue weighted by Crippen LogP contribution is 2.33. The molecule has 2 aromatic carbocycles. The summed E-state index contributed by atoms with van der Waals surface area (Å²) in [6.45, 7) is -1.31. The van der Waals surface area contributed by atoms with Crippen LogP contribution in [0.25, 0.3) is 11.3 Å². The van der Waals surface area contributed by atoms with Gasteiger partial charge < -0.3 is 4.74 Å². The molecule has 0 saturated heterocycles. The molecule has 2 N–H and O–H groups in total. The molecule has 0 aliphatic rings. The third-order valence-corrected chi connectivity index (χ3v) is 6.23. The lowest BCUT2D eigenvalue weighted by Gasteiger charge is -2.09. The summed E-state index contributed by atoms with van der Waals surface area (Å²) in [6, 6.07) is 8.85. The van der Waals surface area contributed by atoms with Gasteiger partial charge in [-0.2, -0.15) is 8.78 Å². The van der Waals surface area contributed by atoms with Gasteiger partial charge in [0.15, 0.2) is 5.13 Å². The lowest BCUT2D eigenvalue weighted by atomic mass is 10.1. The van der Waals surface area contributed by atoms with Crippen molar-refractivity contribution in [1.29, 1.82) is 0 Å². The summed E-state index contributed by atoms with van der Waals surface area (Å²) in [5.41, 5.74) is 0.0575. The van der Waals surface area contributed by atoms with E-state index in [0.29, 0.717) is 0 Å². The van der Waals surface area contributed by atoms with Crippen molar-refractivity contribution in [1.82, 2.24) is 9.71 Å². The van der Waals surface area contributed by atoms with E-state index in [-0.39, 0.29) is 33.6 Å². The van der Waals surface area contributed by atoms with Crippen molar-refractivity contribution in [2.75, 3.05) is 11.9 Å². The molecule has 12 heteroatoms. The summed E-state index contributed by atoms with van der Waals surface area (Å²) in [6.07, 6.45) is 0. The maximum absolute atomic E-state index is 14.2. The summed E-state index contributed by atoms with van der Waals surface area (Å²) in [4.78, 5) is 16.4. The summed E-state index contributed by atoms with van der Waals surface area (Å²) in [7, 11) is -3.89. The second-order valence-electron chi connectivity index (χ2n) is 6.01. The quantitative estimate of drug-likeness (QED) is 0.516. The van der Waals surface area contributed by atoms with Gasteiger partial charge in [0.2, 0.25) is 10.0 Å². The van der Waals surface area contributed by atoms with Crippen LogP contribution in [-0.2, 0) is 10.0 Å². The minimum Gasteiger partial charge on any atom is -0.434 e. The first-order valence-corrected chi connectivity index (χ1v) is 11.2. The predicted molar refractivity (Wildman–Crippen MR) is 109 cm³/mol. The number of benzene rings is 2. The van der Waals surface area contributed by atoms with Crippen LogP contribution in [0.4, 0.5) is 18.3 Å². The maximum atomic E-state index is 14.2. The molecule has 0 aliphatic carbocycles. The van der Waals surface area contributed by atoms with Gasteiger partial charge in [0.25, 0.3) is 5.91 Å². The average molecular weight is 471 g/mol. The fraction of sp³-hybridized carbons (Fsp3) is 0.158. The predicted octanol–water partition coefficient (Wildman–Crippen LogP) is 4.10. The van der Waals surface area contributed by atoms with Crippen molar-refractivity contribution < 1.29 is 31.1 Å². The number of nitrogens with zero attached hydrogens (tertiary/aromatic N) is 1. The molecular weight excluding hydrogens is 455 g/mol. The van der Waals surface area contributed by atoms with Gasteiger partial charge in [-0.3, -0.25) is 10.1 Å². The molecule has 31 heavy (non-hydrogen) atoms. The van der Waals surface area contributed by atoms with Crippen LogP contribution < -0.4 is 14.8 Å². The molecule has 7 nitrogen and oxygen atoms in total. The minimum atomic E-state index is -3.89. The second kappa shape index (κ2) is 9.45. The molecule has 0 unspecified atom stereocenters. The van der Waals surface area contributed by atoms with Crippen LogP contribution in [0.1, 0.15) is 17.3 Å². The number of para-hydroxylation sites is 1. The summed E-state index contributed by atoms with van der Waals surface area (Å²) >= 11 is 0.980. The molecule has 0 fully saturated rings. The van der Waals surface area contributed by atoms with Crippen LogP contribution in [0.3, 0.4) is 0 Å². The topological polar surface area (TPSA) is 97.4 Å². The van der Waals surface area contributed by atoms with Crippen molar-refractivity contribution in [3.63, 3.8) is 0 Å². The first kappa shape index (κ1) is 22.7. The Kier molecular flexibility index (Phi) is 6.93. The van der Waals surface area contributed by atoms with Crippen molar-refractivity contribution in [3.05, 3.63) is 59.2 Å². The van der Waals surface area contributed by atoms with Gasteiger partial charge in [-0.25, -0.2) is 22.5 Å². The van der Waals surface area contributed by atoms with Crippen LogP contribution in [0.2, 0.25) is 0 Å². The highest BCUT2D eigenvalue weighted by molar-refractivity contribution is 7.89. The molecule has 0 spiro atoms. The van der Waals surface area contributed by atoms with E-state index in [1.165, 1.54) is 23.6 Å². The van der Waals surface area contributed by atoms with Crippen molar-refractivity contribution in [2.24, 2.45) is 0 Å². The number of hydrogen-bond acceptors (Lipinski definition) is 6. The van der Waals surface area contributed by atoms with E-state index in [9.17, 15) is 26.4 Å². The van der Waals surface area contributed by atoms with E-state index < -0.39 is 33.9 Å². The van der Waals surface area contributed by atoms with Gasteiger partial charge in [-0.05, 0) is 30.3 Å². The lowest BCUT2D eigenvalue weighted by molar-refractivity contribution is -0.0494. The highest BCUT2D eigenvalue weighted by atomic mass is 32.2. The zero-order valence-electron chi connectivity index (χ0n) is 15.9. The zero-order chi connectivity index (χ0) is 22.6. The molecule has 164 valence electrons. The van der Waals surface area contributed by atoms with Crippen molar-refractivity contribution in [3.8, 4) is 17.0 Å². The Hall–Kier alpha value is -2.96. The number of sulfonamides is 1. The smallest absolute Gasteiger partial charge is 0.387 e. The molecule has 0 bridgehead atoms. The van der Waals surface area contributed by atoms with E-state index in [4.69, 9.17) is 0 Å². The summed E-state index contributed by atoms with van der Waals surface area (Å²) < 4.78 is 70.3. The number of anilines is 1. The van der Waals surface area contributed by atoms with Gasteiger partial charge in [0.05, 0.1) is 16.2 Å². The Bertz CT molecular complexity index is 1200. The molecule has 1 heterocycles. The summed E-state index contributed by atoms with van der Waals surface area (Å²) in [5, 5.41) is 3.95. The number of hydrogen-bond donors (Lipinski definition) is 2. The van der Waals surface area contributed by atoms with Crippen LogP contribution in [0, 0.1) is 5.82 Å². The number of aromatic nitrogens is 1. The Balaban J connectivity index is 1.84. The number of carbonyl (C=O) groups is 1. The molecule has 0 atom stereocenters. The van der Waals surface area contributed by atoms with Gasteiger partial charge in [-0.1, -0.05) is 19.1 Å². The standard InChI is InChI=1S/C19H16F3N3O4S2/c1-2-23-31(27,28)11-7-8-14(20)13(9-11)17(26)25-19-24-15(10-30-19)12-5-3-4-6-16(12)29-18(21)22/h3-10,18,23H,2H2,1H3,(H,24,25,26). The fourth-order valence-corrected chi connectivity index (χ4v) is 4.39. The van der Waals surface area contributed by atoms with E-state index in [1.54, 1.807) is 13.0 Å².